The molecular formula is C17H17NO2. The normalized spacial score (nSPS) is 15.7. The molecule has 0 saturated heterocycles. The van der Waals surface area contributed by atoms with Crippen LogP contribution in [-0.4, -0.2) is 14.2 Å². The fraction of sp³-hybridized carbons (Fsp3) is 0.176. The van der Waals surface area contributed by atoms with Crippen LogP contribution in [0.25, 0.3) is 5.70 Å². The van der Waals surface area contributed by atoms with E-state index in [9.17, 15) is 0 Å². The molecule has 0 atom stereocenters. The Morgan fingerprint density at radius 3 is 2.40 bits per heavy atom. The molecule has 1 aliphatic heterocycles. The minimum absolute atomic E-state index is 0.843. The topological polar surface area (TPSA) is 21.7 Å². The van der Waals surface area contributed by atoms with E-state index in [1.54, 1.807) is 7.11 Å². The molecule has 20 heavy (non-hydrogen) atoms. The van der Waals surface area contributed by atoms with Crippen LogP contribution in [0, 0.1) is 0 Å². The number of methoxy groups -OCH3 is 1. The first-order chi connectivity index (χ1) is 9.72. The summed E-state index contributed by atoms with van der Waals surface area (Å²) in [5, 5.41) is 0. The van der Waals surface area contributed by atoms with Gasteiger partial charge in [-0.1, -0.05) is 24.3 Å². The van der Waals surface area contributed by atoms with Crippen LogP contribution in [0.4, 0.5) is 5.69 Å². The Morgan fingerprint density at radius 1 is 1.00 bits per heavy atom. The molecule has 0 fully saturated rings. The summed E-state index contributed by atoms with van der Waals surface area (Å²) in [6, 6.07) is 16.0. The van der Waals surface area contributed by atoms with Gasteiger partial charge >= 0.3 is 0 Å². The van der Waals surface area contributed by atoms with Crippen LogP contribution >= 0.6 is 0 Å². The van der Waals surface area contributed by atoms with Gasteiger partial charge in [0.1, 0.15) is 11.5 Å². The fourth-order valence-corrected chi connectivity index (χ4v) is 2.51. The molecule has 3 nitrogen and oxygen atoms in total. The molecule has 1 aliphatic rings. The zero-order chi connectivity index (χ0) is 14.1. The highest BCUT2D eigenvalue weighted by atomic mass is 16.5. The summed E-state index contributed by atoms with van der Waals surface area (Å²) >= 11 is 0. The van der Waals surface area contributed by atoms with Crippen LogP contribution in [0.5, 0.6) is 11.5 Å². The molecule has 0 bridgehead atoms. The number of anilines is 1. The van der Waals surface area contributed by atoms with Crippen molar-refractivity contribution < 1.29 is 9.47 Å². The van der Waals surface area contributed by atoms with Crippen LogP contribution in [-0.2, 0) is 4.74 Å². The summed E-state index contributed by atoms with van der Waals surface area (Å²) in [4.78, 5) is 2.11. The first kappa shape index (κ1) is 12.6. The Kier molecular flexibility index (Phi) is 3.11. The summed E-state index contributed by atoms with van der Waals surface area (Å²) in [5.74, 6) is 2.55. The lowest BCUT2D eigenvalue weighted by Gasteiger charge is -2.23. The van der Waals surface area contributed by atoms with Crippen LogP contribution in [0.3, 0.4) is 0 Å². The molecule has 3 heteroatoms. The van der Waals surface area contributed by atoms with Crippen molar-refractivity contribution in [1.29, 1.82) is 0 Å². The van der Waals surface area contributed by atoms with E-state index in [1.165, 1.54) is 0 Å². The maximum absolute atomic E-state index is 6.07. The second-order valence-corrected chi connectivity index (χ2v) is 4.73. The number of hydrogen-bond acceptors (Lipinski definition) is 3. The standard InChI is InChI=1S/C17H17NO2/c1-12(19-3)17-13-8-4-6-10-15(13)20-16-11-7-5-9-14(16)18(17)2/h4-11H,1-3H3/b17-12-. The van der Waals surface area contributed by atoms with Crippen molar-refractivity contribution in [2.45, 2.75) is 6.92 Å². The van der Waals surface area contributed by atoms with Gasteiger partial charge < -0.3 is 14.4 Å². The number of benzene rings is 2. The molecule has 0 N–H and O–H groups in total. The van der Waals surface area contributed by atoms with Crippen LogP contribution < -0.4 is 9.64 Å². The highest BCUT2D eigenvalue weighted by molar-refractivity contribution is 5.86. The molecule has 0 aliphatic carbocycles. The predicted molar refractivity (Wildman–Crippen MR) is 81.0 cm³/mol. The molecule has 0 aromatic heterocycles. The zero-order valence-corrected chi connectivity index (χ0v) is 11.9. The molecule has 2 aromatic carbocycles. The molecule has 0 spiro atoms. The van der Waals surface area contributed by atoms with Gasteiger partial charge in [0, 0.05) is 12.6 Å². The molecule has 0 amide bonds. The van der Waals surface area contributed by atoms with Crippen molar-refractivity contribution in [1.82, 2.24) is 0 Å². The number of hydrogen-bond donors (Lipinski definition) is 0. The van der Waals surface area contributed by atoms with E-state index in [1.807, 2.05) is 56.4 Å². The Labute approximate surface area is 119 Å². The van der Waals surface area contributed by atoms with Crippen LogP contribution in [0.2, 0.25) is 0 Å². The molecule has 3 rings (SSSR count). The summed E-state index contributed by atoms with van der Waals surface area (Å²) in [7, 11) is 3.72. The maximum atomic E-state index is 6.07. The number of ether oxygens (including phenoxy) is 2. The molecule has 1 heterocycles. The number of rotatable bonds is 1. The van der Waals surface area contributed by atoms with Gasteiger partial charge in [0.25, 0.3) is 0 Å². The van der Waals surface area contributed by atoms with Gasteiger partial charge in [-0.15, -0.1) is 0 Å². The number of allylic oxidation sites excluding steroid dienone is 1. The fourth-order valence-electron chi connectivity index (χ4n) is 2.51. The molecule has 102 valence electrons. The SMILES string of the molecule is CO/C(C)=C1/c2ccccc2Oc2ccccc2N1C. The minimum Gasteiger partial charge on any atom is -0.499 e. The van der Waals surface area contributed by atoms with Crippen LogP contribution in [0.15, 0.2) is 54.3 Å². The number of para-hydroxylation sites is 3. The summed E-state index contributed by atoms with van der Waals surface area (Å²) < 4.78 is 11.5. The van der Waals surface area contributed by atoms with Gasteiger partial charge in [-0.3, -0.25) is 0 Å². The van der Waals surface area contributed by atoms with E-state index in [-0.39, 0.29) is 0 Å². The van der Waals surface area contributed by atoms with Gasteiger partial charge in [0.15, 0.2) is 5.75 Å². The monoisotopic (exact) mass is 267 g/mol. The molecule has 0 radical (unpaired) electrons. The van der Waals surface area contributed by atoms with E-state index in [0.29, 0.717) is 0 Å². The van der Waals surface area contributed by atoms with Gasteiger partial charge in [-0.25, -0.2) is 0 Å². The van der Waals surface area contributed by atoms with Gasteiger partial charge in [0.2, 0.25) is 0 Å². The Bertz CT molecular complexity index is 676. The summed E-state index contributed by atoms with van der Waals surface area (Å²) in [5.41, 5.74) is 3.08. The van der Waals surface area contributed by atoms with E-state index >= 15 is 0 Å². The molecule has 0 saturated carbocycles. The number of fused-ring (bicyclic) bond motifs is 2. The average molecular weight is 267 g/mol. The lowest BCUT2D eigenvalue weighted by atomic mass is 10.1. The first-order valence-corrected chi connectivity index (χ1v) is 6.57. The van der Waals surface area contributed by atoms with Crippen molar-refractivity contribution in [3.63, 3.8) is 0 Å². The minimum atomic E-state index is 0.843. The van der Waals surface area contributed by atoms with Crippen LogP contribution in [0.1, 0.15) is 12.5 Å². The summed E-state index contributed by atoms with van der Waals surface area (Å²) in [6.07, 6.45) is 0. The first-order valence-electron chi connectivity index (χ1n) is 6.57. The smallest absolute Gasteiger partial charge is 0.151 e. The largest absolute Gasteiger partial charge is 0.499 e. The summed E-state index contributed by atoms with van der Waals surface area (Å²) in [6.45, 7) is 1.97. The van der Waals surface area contributed by atoms with Crippen molar-refractivity contribution in [3.8, 4) is 11.5 Å². The Hall–Kier alpha value is -2.42. The maximum Gasteiger partial charge on any atom is 0.151 e. The zero-order valence-electron chi connectivity index (χ0n) is 11.9. The van der Waals surface area contributed by atoms with Gasteiger partial charge in [0.05, 0.1) is 18.5 Å². The predicted octanol–water partition coefficient (Wildman–Crippen LogP) is 4.26. The highest BCUT2D eigenvalue weighted by Crippen LogP contribution is 2.43. The molecule has 0 unspecified atom stereocenters. The third kappa shape index (κ3) is 1.92. The van der Waals surface area contributed by atoms with Crippen molar-refractivity contribution in [3.05, 3.63) is 59.9 Å². The lowest BCUT2D eigenvalue weighted by Crippen LogP contribution is -2.16. The van der Waals surface area contributed by atoms with E-state index in [4.69, 9.17) is 9.47 Å². The van der Waals surface area contributed by atoms with Crippen molar-refractivity contribution in [2.75, 3.05) is 19.1 Å². The Morgan fingerprint density at radius 2 is 1.65 bits per heavy atom. The quantitative estimate of drug-likeness (QED) is 0.720. The third-order valence-electron chi connectivity index (χ3n) is 3.56. The molecular weight excluding hydrogens is 250 g/mol. The number of nitrogens with zero attached hydrogens (tertiary/aromatic N) is 1. The Balaban J connectivity index is 2.30. The van der Waals surface area contributed by atoms with Gasteiger partial charge in [-0.2, -0.15) is 0 Å². The second-order valence-electron chi connectivity index (χ2n) is 4.73. The lowest BCUT2D eigenvalue weighted by molar-refractivity contribution is 0.295. The van der Waals surface area contributed by atoms with Crippen molar-refractivity contribution in [2.24, 2.45) is 0 Å². The second kappa shape index (κ2) is 4.93. The van der Waals surface area contributed by atoms with Crippen molar-refractivity contribution >= 4 is 11.4 Å². The average Bonchev–Trinajstić information content (AvgIpc) is 2.61. The van der Waals surface area contributed by atoms with E-state index < -0.39 is 0 Å². The van der Waals surface area contributed by atoms with Gasteiger partial charge in [-0.05, 0) is 31.2 Å². The van der Waals surface area contributed by atoms with E-state index in [0.717, 1.165) is 34.2 Å². The van der Waals surface area contributed by atoms with E-state index in [2.05, 4.69) is 11.0 Å². The molecule has 2 aromatic rings. The highest BCUT2D eigenvalue weighted by Gasteiger charge is 2.24. The third-order valence-corrected chi connectivity index (χ3v) is 3.56.